The molecule has 4 rings (SSSR count). The Kier molecular flexibility index (Phi) is 7.40. The summed E-state index contributed by atoms with van der Waals surface area (Å²) in [7, 11) is -0.957. The van der Waals surface area contributed by atoms with E-state index in [0.29, 0.717) is 33.8 Å². The van der Waals surface area contributed by atoms with Crippen LogP contribution in [0, 0.1) is 0 Å². The second-order valence-electron chi connectivity index (χ2n) is 8.98. The average molecular weight is 521 g/mol. The Labute approximate surface area is 217 Å². The minimum Gasteiger partial charge on any atom is -0.496 e. The van der Waals surface area contributed by atoms with Crippen LogP contribution in [-0.4, -0.2) is 34.0 Å². The van der Waals surface area contributed by atoms with Crippen LogP contribution in [0.3, 0.4) is 0 Å². The van der Waals surface area contributed by atoms with E-state index in [1.807, 2.05) is 32.1 Å². The van der Waals surface area contributed by atoms with Gasteiger partial charge < -0.3 is 18.4 Å². The second-order valence-corrected chi connectivity index (χ2v) is 10.5. The summed E-state index contributed by atoms with van der Waals surface area (Å²) in [6.07, 6.45) is 6.79. The summed E-state index contributed by atoms with van der Waals surface area (Å²) in [5.74, 6) is 0.781. The topological polar surface area (TPSA) is 88.1 Å². The zero-order valence-electron chi connectivity index (χ0n) is 21.1. The van der Waals surface area contributed by atoms with Gasteiger partial charge in [-0.1, -0.05) is 42.5 Å². The maximum atomic E-state index is 13.2. The largest absolute Gasteiger partial charge is 0.496 e. The third-order valence-corrected chi connectivity index (χ3v) is 6.80. The minimum atomic E-state index is -3.95. The summed E-state index contributed by atoms with van der Waals surface area (Å²) >= 11 is 0. The molecule has 0 atom stereocenters. The molecule has 0 spiro atoms. The van der Waals surface area contributed by atoms with Crippen LogP contribution in [0.2, 0.25) is 0 Å². The van der Waals surface area contributed by atoms with Gasteiger partial charge in [0, 0.05) is 0 Å². The van der Waals surface area contributed by atoms with Crippen molar-refractivity contribution in [2.45, 2.75) is 25.2 Å². The molecule has 37 heavy (non-hydrogen) atoms. The van der Waals surface area contributed by atoms with E-state index in [1.165, 1.54) is 19.3 Å². The number of hydrogen-bond acceptors (Lipinski definition) is 7. The molecule has 0 fully saturated rings. The lowest BCUT2D eigenvalue weighted by atomic mass is 9.97. The van der Waals surface area contributed by atoms with Crippen molar-refractivity contribution in [3.8, 4) is 23.0 Å². The molecule has 1 aliphatic heterocycles. The highest BCUT2D eigenvalue weighted by atomic mass is 32.2. The number of ketones is 1. The van der Waals surface area contributed by atoms with E-state index >= 15 is 0 Å². The summed E-state index contributed by atoms with van der Waals surface area (Å²) in [4.78, 5) is 13.2. The van der Waals surface area contributed by atoms with Crippen molar-refractivity contribution >= 4 is 28.1 Å². The SMILES string of the molecule is COc1ccc(C=CC(=O)c2ccc(OC)c3c2OC(C)(C)C=C3)cc1OS(=O)(=O)Cc1ccccc1. The molecule has 0 bridgehead atoms. The third-order valence-electron chi connectivity index (χ3n) is 5.68. The van der Waals surface area contributed by atoms with Gasteiger partial charge in [-0.2, -0.15) is 8.42 Å². The van der Waals surface area contributed by atoms with E-state index in [2.05, 4.69) is 0 Å². The number of carbonyl (C=O) groups is 1. The number of benzene rings is 3. The number of ether oxygens (including phenoxy) is 3. The van der Waals surface area contributed by atoms with Crippen LogP contribution >= 0.6 is 0 Å². The maximum absolute atomic E-state index is 13.2. The maximum Gasteiger partial charge on any atom is 0.313 e. The number of methoxy groups -OCH3 is 2. The van der Waals surface area contributed by atoms with Crippen LogP contribution in [0.25, 0.3) is 12.2 Å². The zero-order chi connectivity index (χ0) is 26.6. The lowest BCUT2D eigenvalue weighted by molar-refractivity contribution is 0.103. The van der Waals surface area contributed by atoms with Crippen molar-refractivity contribution in [2.24, 2.45) is 0 Å². The Morgan fingerprint density at radius 2 is 1.65 bits per heavy atom. The van der Waals surface area contributed by atoms with Crippen LogP contribution in [0.4, 0.5) is 0 Å². The van der Waals surface area contributed by atoms with E-state index in [0.717, 1.165) is 0 Å². The lowest BCUT2D eigenvalue weighted by Crippen LogP contribution is -2.28. The minimum absolute atomic E-state index is 0.0325. The van der Waals surface area contributed by atoms with E-state index in [-0.39, 0.29) is 23.0 Å². The molecule has 0 unspecified atom stereocenters. The highest BCUT2D eigenvalue weighted by molar-refractivity contribution is 7.86. The van der Waals surface area contributed by atoms with Crippen molar-refractivity contribution in [3.05, 3.63) is 95.1 Å². The molecule has 1 heterocycles. The smallest absolute Gasteiger partial charge is 0.313 e. The predicted octanol–water partition coefficient (Wildman–Crippen LogP) is 5.69. The van der Waals surface area contributed by atoms with Gasteiger partial charge in [0.1, 0.15) is 22.9 Å². The first-order valence-electron chi connectivity index (χ1n) is 11.6. The Hall–Kier alpha value is -4.04. The highest BCUT2D eigenvalue weighted by Gasteiger charge is 2.27. The van der Waals surface area contributed by atoms with Gasteiger partial charge in [0.25, 0.3) is 0 Å². The molecule has 0 amide bonds. The molecule has 0 aliphatic carbocycles. The number of hydrogen-bond donors (Lipinski definition) is 0. The molecule has 3 aromatic carbocycles. The van der Waals surface area contributed by atoms with E-state index in [9.17, 15) is 13.2 Å². The number of rotatable bonds is 9. The van der Waals surface area contributed by atoms with E-state index in [4.69, 9.17) is 18.4 Å². The van der Waals surface area contributed by atoms with Crippen molar-refractivity contribution in [1.82, 2.24) is 0 Å². The molecule has 192 valence electrons. The second kappa shape index (κ2) is 10.5. The molecular formula is C29H28O7S. The van der Waals surface area contributed by atoms with Crippen molar-refractivity contribution in [2.75, 3.05) is 14.2 Å². The molecule has 0 N–H and O–H groups in total. The summed E-state index contributed by atoms with van der Waals surface area (Å²) in [5, 5.41) is 0. The van der Waals surface area contributed by atoms with Gasteiger partial charge in [-0.05, 0) is 67.5 Å². The van der Waals surface area contributed by atoms with Crippen LogP contribution in [0.1, 0.15) is 40.9 Å². The van der Waals surface area contributed by atoms with Gasteiger partial charge in [-0.15, -0.1) is 0 Å². The molecule has 3 aromatic rings. The average Bonchev–Trinajstić information content (AvgIpc) is 2.86. The van der Waals surface area contributed by atoms with Crippen molar-refractivity contribution in [3.63, 3.8) is 0 Å². The van der Waals surface area contributed by atoms with Crippen molar-refractivity contribution in [1.29, 1.82) is 0 Å². The summed E-state index contributed by atoms with van der Waals surface area (Å²) in [5.41, 5.74) is 1.67. The number of allylic oxidation sites excluding steroid dienone is 1. The van der Waals surface area contributed by atoms with Crippen molar-refractivity contribution < 1.29 is 31.6 Å². The Balaban J connectivity index is 1.59. The quantitative estimate of drug-likeness (QED) is 0.203. The zero-order valence-corrected chi connectivity index (χ0v) is 21.9. The van der Waals surface area contributed by atoms with Crippen LogP contribution < -0.4 is 18.4 Å². The predicted molar refractivity (Wildman–Crippen MR) is 143 cm³/mol. The molecule has 0 aromatic heterocycles. The summed E-state index contributed by atoms with van der Waals surface area (Å²) in [6.45, 7) is 3.81. The van der Waals surface area contributed by atoms with Crippen LogP contribution in [0.5, 0.6) is 23.0 Å². The molecule has 8 heteroatoms. The first-order chi connectivity index (χ1) is 17.6. The Bertz CT molecular complexity index is 1470. The van der Waals surface area contributed by atoms with Crippen LogP contribution in [-0.2, 0) is 15.9 Å². The molecule has 0 saturated heterocycles. The molecule has 1 aliphatic rings. The first kappa shape index (κ1) is 26.0. The van der Waals surface area contributed by atoms with Gasteiger partial charge in [0.15, 0.2) is 17.3 Å². The van der Waals surface area contributed by atoms with E-state index < -0.39 is 15.7 Å². The van der Waals surface area contributed by atoms with Gasteiger partial charge in [0.05, 0.1) is 25.3 Å². The molecular weight excluding hydrogens is 492 g/mol. The van der Waals surface area contributed by atoms with Crippen LogP contribution in [0.15, 0.2) is 72.8 Å². The fourth-order valence-corrected chi connectivity index (χ4v) is 4.93. The Morgan fingerprint density at radius 1 is 0.946 bits per heavy atom. The van der Waals surface area contributed by atoms with Gasteiger partial charge in [0.2, 0.25) is 0 Å². The third kappa shape index (κ3) is 6.21. The van der Waals surface area contributed by atoms with Gasteiger partial charge in [-0.3, -0.25) is 4.79 Å². The molecule has 0 radical (unpaired) electrons. The monoisotopic (exact) mass is 520 g/mol. The van der Waals surface area contributed by atoms with E-state index in [1.54, 1.807) is 61.7 Å². The fourth-order valence-electron chi connectivity index (χ4n) is 3.87. The Morgan fingerprint density at radius 3 is 2.35 bits per heavy atom. The fraction of sp³-hybridized carbons (Fsp3) is 0.207. The number of carbonyl (C=O) groups excluding carboxylic acids is 1. The first-order valence-corrected chi connectivity index (χ1v) is 13.1. The normalized spacial score (nSPS) is 14.1. The summed E-state index contributed by atoms with van der Waals surface area (Å²) < 4.78 is 47.5. The lowest BCUT2D eigenvalue weighted by Gasteiger charge is -2.29. The van der Waals surface area contributed by atoms with Gasteiger partial charge in [-0.25, -0.2) is 0 Å². The molecule has 0 saturated carbocycles. The molecule has 7 nitrogen and oxygen atoms in total. The number of fused-ring (bicyclic) bond motifs is 1. The highest BCUT2D eigenvalue weighted by Crippen LogP contribution is 2.40. The summed E-state index contributed by atoms with van der Waals surface area (Å²) in [6, 6.07) is 16.9. The van der Waals surface area contributed by atoms with Gasteiger partial charge >= 0.3 is 10.1 Å². The standard InChI is InChI=1S/C29H28O7S/c1-29(2)17-16-23-25(33-3)15-12-22(28(23)35-29)24(30)13-10-20-11-14-26(34-4)27(18-20)36-37(31,32)19-21-8-6-5-7-9-21/h5-18H,19H2,1-4H3.